The van der Waals surface area contributed by atoms with Gasteiger partial charge in [-0.15, -0.1) is 8.20 Å². The number of carbonyl (C=O) groups excluding carboxylic acids is 1. The molecule has 0 aliphatic carbocycles. The summed E-state index contributed by atoms with van der Waals surface area (Å²) in [6, 6.07) is 0. The molecule has 0 radical (unpaired) electrons. The lowest BCUT2D eigenvalue weighted by Crippen LogP contribution is -1.94. The van der Waals surface area contributed by atoms with Gasteiger partial charge in [0.05, 0.1) is 0 Å². The molecule has 1 N–H and O–H groups in total. The smallest absolute Gasteiger partial charge is 0.217 e. The van der Waals surface area contributed by atoms with Crippen LogP contribution in [0.3, 0.4) is 0 Å². The second-order valence-electron chi connectivity index (χ2n) is 2.04. The molecule has 1 heterocycles. The van der Waals surface area contributed by atoms with E-state index in [1.165, 1.54) is 6.92 Å². The van der Waals surface area contributed by atoms with Gasteiger partial charge in [0.1, 0.15) is 5.82 Å². The fourth-order valence-electron chi connectivity index (χ4n) is 0.629. The molecule has 0 atom stereocenters. The van der Waals surface area contributed by atoms with Gasteiger partial charge >= 0.3 is 0 Å². The van der Waals surface area contributed by atoms with E-state index in [0.29, 0.717) is 12.0 Å². The molecule has 4 nitrogen and oxygen atoms in total. The highest BCUT2D eigenvalue weighted by Crippen LogP contribution is 2.02. The van der Waals surface area contributed by atoms with Crippen molar-refractivity contribution in [3.63, 3.8) is 0 Å². The number of nitrogens with zero attached hydrogens (tertiary/aromatic N) is 2. The number of H-pyrrole nitrogens is 1. The van der Waals surface area contributed by atoms with E-state index in [-0.39, 0.29) is 11.6 Å². The predicted molar refractivity (Wildman–Crippen MR) is 44.1 cm³/mol. The summed E-state index contributed by atoms with van der Waals surface area (Å²) in [5.74, 6) is 0.851. The Bertz CT molecular complexity index is 281. The molecule has 0 amide bonds. The summed E-state index contributed by atoms with van der Waals surface area (Å²) < 4.78 is 0. The van der Waals surface area contributed by atoms with Crippen LogP contribution in [-0.2, 0) is 6.16 Å². The average molecular weight is 169 g/mol. The van der Waals surface area contributed by atoms with Crippen LogP contribution >= 0.6 is 8.20 Å². The van der Waals surface area contributed by atoms with E-state index < -0.39 is 0 Å². The molecule has 0 saturated heterocycles. The van der Waals surface area contributed by atoms with Crippen LogP contribution in [0.2, 0.25) is 0 Å². The van der Waals surface area contributed by atoms with Crippen molar-refractivity contribution in [3.05, 3.63) is 11.6 Å². The van der Waals surface area contributed by atoms with Crippen LogP contribution in [0, 0.1) is 0 Å². The zero-order valence-electron chi connectivity index (χ0n) is 6.16. The lowest BCUT2D eigenvalue weighted by Gasteiger charge is -1.81. The fraction of sp³-hybridized carbons (Fsp3) is 0.333. The van der Waals surface area contributed by atoms with E-state index in [4.69, 9.17) is 0 Å². The second kappa shape index (κ2) is 3.39. The Labute approximate surface area is 65.8 Å². The van der Waals surface area contributed by atoms with Gasteiger partial charge in [-0.3, -0.25) is 9.89 Å². The van der Waals surface area contributed by atoms with Crippen molar-refractivity contribution < 1.29 is 4.79 Å². The molecule has 5 heteroatoms. The first-order valence-corrected chi connectivity index (χ1v) is 4.35. The Hall–Kier alpha value is -1.02. The molecule has 58 valence electrons. The van der Waals surface area contributed by atoms with Gasteiger partial charge in [0.25, 0.3) is 0 Å². The zero-order chi connectivity index (χ0) is 8.27. The molecule has 0 unspecified atom stereocenters. The van der Waals surface area contributed by atoms with E-state index in [1.54, 1.807) is 0 Å². The highest BCUT2D eigenvalue weighted by Gasteiger charge is 2.05. The van der Waals surface area contributed by atoms with Gasteiger partial charge in [0.15, 0.2) is 5.78 Å². The Morgan fingerprint density at radius 3 is 3.00 bits per heavy atom. The zero-order valence-corrected chi connectivity index (χ0v) is 7.06. The highest BCUT2D eigenvalue weighted by atomic mass is 31.1. The molecule has 11 heavy (non-hydrogen) atoms. The van der Waals surface area contributed by atoms with Crippen molar-refractivity contribution in [1.29, 1.82) is 0 Å². The fourth-order valence-corrected chi connectivity index (χ4v) is 0.983. The quantitative estimate of drug-likeness (QED) is 0.539. The van der Waals surface area contributed by atoms with Crippen LogP contribution in [0.15, 0.2) is 0 Å². The normalized spacial score (nSPS) is 10.3. The molecule has 0 saturated carbocycles. The number of hydrogen-bond donors (Lipinski definition) is 1. The third kappa shape index (κ3) is 1.95. The van der Waals surface area contributed by atoms with E-state index in [9.17, 15) is 4.79 Å². The summed E-state index contributed by atoms with van der Waals surface area (Å²) >= 11 is 0. The Balaban J connectivity index is 2.81. The van der Waals surface area contributed by atoms with Crippen molar-refractivity contribution in [2.45, 2.75) is 13.1 Å². The third-order valence-corrected chi connectivity index (χ3v) is 1.63. The monoisotopic (exact) mass is 169 g/mol. The number of ketones is 1. The maximum Gasteiger partial charge on any atom is 0.217 e. The van der Waals surface area contributed by atoms with Crippen LogP contribution in [0.4, 0.5) is 0 Å². The van der Waals surface area contributed by atoms with Crippen LogP contribution < -0.4 is 0 Å². The minimum absolute atomic E-state index is 0.117. The second-order valence-corrected chi connectivity index (χ2v) is 2.81. The molecule has 0 bridgehead atoms. The van der Waals surface area contributed by atoms with Gasteiger partial charge in [-0.05, 0) is 0 Å². The lowest BCUT2D eigenvalue weighted by atomic mass is 10.4. The first kappa shape index (κ1) is 8.08. The summed E-state index contributed by atoms with van der Waals surface area (Å²) in [5, 5.41) is 6.38. The number of rotatable bonds is 3. The predicted octanol–water partition coefficient (Wildman–Crippen LogP) is 0.885. The summed E-state index contributed by atoms with van der Waals surface area (Å²) in [6.07, 6.45) is 4.34. The highest BCUT2D eigenvalue weighted by molar-refractivity contribution is 7.35. The van der Waals surface area contributed by atoms with Crippen LogP contribution in [-0.4, -0.2) is 27.3 Å². The van der Waals surface area contributed by atoms with Gasteiger partial charge in [-0.2, -0.15) is 5.10 Å². The Morgan fingerprint density at radius 1 is 1.82 bits per heavy atom. The van der Waals surface area contributed by atoms with Gasteiger partial charge in [0, 0.05) is 13.1 Å². The van der Waals surface area contributed by atoms with Crippen molar-refractivity contribution in [1.82, 2.24) is 15.2 Å². The molecule has 0 aliphatic heterocycles. The van der Waals surface area contributed by atoms with Gasteiger partial charge in [-0.1, -0.05) is 6.30 Å². The number of aromatic nitrogens is 3. The molecule has 1 aromatic heterocycles. The van der Waals surface area contributed by atoms with Crippen LogP contribution in [0.25, 0.3) is 0 Å². The molecular formula is C6H8N3OP. The number of hydrogen-bond acceptors (Lipinski definition) is 3. The lowest BCUT2D eigenvalue weighted by molar-refractivity contribution is 0.100. The molecule has 0 spiro atoms. The van der Waals surface area contributed by atoms with E-state index >= 15 is 0 Å². The molecule has 0 aromatic carbocycles. The molecule has 1 rings (SSSR count). The van der Waals surface area contributed by atoms with Gasteiger partial charge in [0.2, 0.25) is 5.82 Å². The van der Waals surface area contributed by atoms with Gasteiger partial charge < -0.3 is 0 Å². The molecule has 0 aliphatic rings. The summed E-state index contributed by atoms with van der Waals surface area (Å²) in [4.78, 5) is 14.6. The average Bonchev–Trinajstić information content (AvgIpc) is 2.37. The largest absolute Gasteiger partial charge is 0.291 e. The topological polar surface area (TPSA) is 58.6 Å². The van der Waals surface area contributed by atoms with E-state index in [0.717, 1.165) is 8.20 Å². The van der Waals surface area contributed by atoms with E-state index in [2.05, 4.69) is 21.5 Å². The molecule has 0 fully saturated rings. The summed E-state index contributed by atoms with van der Waals surface area (Å²) in [7, 11) is 0.966. The first-order valence-electron chi connectivity index (χ1n) is 3.08. The summed E-state index contributed by atoms with van der Waals surface area (Å²) in [6.45, 7) is 1.44. The van der Waals surface area contributed by atoms with Crippen molar-refractivity contribution >= 4 is 20.3 Å². The number of aromatic amines is 1. The maximum atomic E-state index is 10.7. The Kier molecular flexibility index (Phi) is 2.49. The number of Topliss-reactive ketones (excluding diaryl/α,β-unsaturated/α-hetero) is 1. The maximum absolute atomic E-state index is 10.7. The SMILES string of the molecule is C=PCc1nc(C(C)=O)n[nH]1. The van der Waals surface area contributed by atoms with Crippen molar-refractivity contribution in [3.8, 4) is 0 Å². The summed E-state index contributed by atoms with van der Waals surface area (Å²) in [5.41, 5.74) is 0. The first-order chi connectivity index (χ1) is 5.24. The minimum Gasteiger partial charge on any atom is -0.291 e. The number of carbonyl (C=O) groups is 1. The van der Waals surface area contributed by atoms with Crippen molar-refractivity contribution in [2.24, 2.45) is 0 Å². The standard InChI is InChI=1S/C6H8N3OP/c1-4(10)6-7-5(3-11-2)8-9-6/h2-3H2,1H3,(H,7,8,9). The van der Waals surface area contributed by atoms with Crippen LogP contribution in [0.5, 0.6) is 0 Å². The van der Waals surface area contributed by atoms with Gasteiger partial charge in [-0.25, -0.2) is 4.98 Å². The van der Waals surface area contributed by atoms with Crippen LogP contribution in [0.1, 0.15) is 23.4 Å². The van der Waals surface area contributed by atoms with E-state index in [1.807, 2.05) is 0 Å². The minimum atomic E-state index is -0.117. The third-order valence-electron chi connectivity index (χ3n) is 1.11. The molecule has 1 aromatic rings. The molecular weight excluding hydrogens is 161 g/mol. The van der Waals surface area contributed by atoms with Crippen molar-refractivity contribution in [2.75, 3.05) is 0 Å². The Morgan fingerprint density at radius 2 is 2.55 bits per heavy atom. The number of nitrogens with one attached hydrogen (secondary N) is 1.